The molecule has 3 atom stereocenters. The molecule has 22 nitrogen and oxygen atoms in total. The van der Waals surface area contributed by atoms with Crippen LogP contribution in [0.1, 0.15) is 125 Å². The molecular weight excluding hydrogens is 1010 g/mol. The lowest BCUT2D eigenvalue weighted by Crippen LogP contribution is -2.60. The van der Waals surface area contributed by atoms with E-state index in [-0.39, 0.29) is 70.7 Å². The van der Waals surface area contributed by atoms with Crippen LogP contribution in [-0.4, -0.2) is 184 Å². The van der Waals surface area contributed by atoms with Crippen LogP contribution < -0.4 is 5.32 Å². The molecule has 2 aromatic carbocycles. The Hall–Kier alpha value is -6.84. The Morgan fingerprint density at radius 3 is 1.23 bits per heavy atom. The van der Waals surface area contributed by atoms with Gasteiger partial charge in [-0.15, -0.1) is 0 Å². The second kappa shape index (κ2) is 28.7. The van der Waals surface area contributed by atoms with Crippen molar-refractivity contribution in [3.05, 3.63) is 71.8 Å². The van der Waals surface area contributed by atoms with Gasteiger partial charge < -0.3 is 53.4 Å². The highest BCUT2D eigenvalue weighted by atomic mass is 16.6. The van der Waals surface area contributed by atoms with E-state index in [9.17, 15) is 43.5 Å². The number of carbonyl (C=O) groups is 8. The Morgan fingerprint density at radius 2 is 0.846 bits per heavy atom. The third-order valence-corrected chi connectivity index (χ3v) is 12.8. The van der Waals surface area contributed by atoms with Crippen molar-refractivity contribution < 1.29 is 76.6 Å². The number of rotatable bonds is 9. The van der Waals surface area contributed by atoms with Crippen molar-refractivity contribution in [1.82, 2.24) is 29.8 Å². The number of hydrogen-bond donors (Lipinski definition) is 2. The number of hydrogen-bond acceptors (Lipinski definition) is 16. The van der Waals surface area contributed by atoms with Crippen LogP contribution in [0.5, 0.6) is 0 Å². The van der Waals surface area contributed by atoms with Crippen LogP contribution in [0.4, 0.5) is 24.0 Å². The van der Waals surface area contributed by atoms with Crippen molar-refractivity contribution in [2.45, 2.75) is 174 Å². The van der Waals surface area contributed by atoms with Gasteiger partial charge in [0.05, 0.1) is 13.1 Å². The SMILES string of the molecule is CC(C)(C)OC(=O)N1CCN(C(=O)OCc2ccccc2)CC1C(=O)O.CC(C)(C)OC(=O)N1CCN(C(=O)OCc2ccccc2)CC1C(=O)OC1CCCC1.CC(C)(C)OC(=O)N1CCNCC1C(=O)OC1CCCC1. The number of benzene rings is 2. The summed E-state index contributed by atoms with van der Waals surface area (Å²) in [5.41, 5.74) is -0.278. The van der Waals surface area contributed by atoms with Crippen LogP contribution in [0, 0.1) is 0 Å². The first kappa shape index (κ1) is 62.0. The van der Waals surface area contributed by atoms with Gasteiger partial charge in [-0.3, -0.25) is 14.7 Å². The predicted octanol–water partition coefficient (Wildman–Crippen LogP) is 7.74. The van der Waals surface area contributed by atoms with Crippen molar-refractivity contribution in [3.8, 4) is 0 Å². The molecule has 2 N–H and O–H groups in total. The molecule has 3 aliphatic heterocycles. The summed E-state index contributed by atoms with van der Waals surface area (Å²) in [5.74, 6) is -2.02. The maximum atomic E-state index is 12.9. The molecule has 2 aliphatic carbocycles. The predicted molar refractivity (Wildman–Crippen MR) is 284 cm³/mol. The van der Waals surface area contributed by atoms with Gasteiger partial charge in [0.2, 0.25) is 0 Å². The second-order valence-corrected chi connectivity index (χ2v) is 22.8. The molecule has 3 heterocycles. The first-order valence-corrected chi connectivity index (χ1v) is 27.0. The van der Waals surface area contributed by atoms with Gasteiger partial charge in [-0.25, -0.2) is 38.4 Å². The molecule has 5 amide bonds. The topological polar surface area (TPSA) is 250 Å². The van der Waals surface area contributed by atoms with Gasteiger partial charge in [-0.05, 0) is 125 Å². The van der Waals surface area contributed by atoms with Gasteiger partial charge in [-0.1, -0.05) is 60.7 Å². The highest BCUT2D eigenvalue weighted by Gasteiger charge is 2.43. The number of nitrogens with zero attached hydrogens (tertiary/aromatic N) is 5. The van der Waals surface area contributed by atoms with Gasteiger partial charge in [0, 0.05) is 45.8 Å². The monoisotopic (exact) mass is 1090 g/mol. The number of nitrogens with one attached hydrogen (secondary N) is 1. The standard InChI is InChI=1S/C23H32N2O6.C18H24N2O6.C15H26N2O4/c1-23(2,3)31-22(28)25-14-13-24(21(27)29-16-17-9-5-4-6-10-17)15-19(25)20(26)30-18-11-7-8-12-18;1-18(2,3)26-17(24)20-10-9-19(11-14(20)15(21)22)16(23)25-12-13-7-5-4-6-8-13;1-15(2,3)21-14(19)17-9-8-16-10-12(17)13(18)20-11-6-4-5-7-11/h4-6,9-10,18-19H,7-8,11-16H2,1-3H3;4-8,14H,9-12H2,1-3H3,(H,21,22);11-12,16H,4-10H2,1-3H3. The molecule has 5 aliphatic rings. The van der Waals surface area contributed by atoms with Crippen LogP contribution in [0.3, 0.4) is 0 Å². The lowest BCUT2D eigenvalue weighted by molar-refractivity contribution is -0.157. The summed E-state index contributed by atoms with van der Waals surface area (Å²) in [6.45, 7) is 18.2. The number of esters is 2. The van der Waals surface area contributed by atoms with Crippen molar-refractivity contribution in [2.75, 3.05) is 58.9 Å². The maximum Gasteiger partial charge on any atom is 0.411 e. The summed E-state index contributed by atoms with van der Waals surface area (Å²) in [6.07, 6.45) is 4.79. The quantitative estimate of drug-likeness (QED) is 0.180. The molecule has 3 unspecified atom stereocenters. The summed E-state index contributed by atoms with van der Waals surface area (Å²) in [6, 6.07) is 15.9. The minimum atomic E-state index is -1.20. The van der Waals surface area contributed by atoms with E-state index in [4.69, 9.17) is 33.2 Å². The number of piperazine rings is 3. The zero-order chi connectivity index (χ0) is 57.2. The van der Waals surface area contributed by atoms with Gasteiger partial charge in [-0.2, -0.15) is 0 Å². The fourth-order valence-electron chi connectivity index (χ4n) is 8.96. The summed E-state index contributed by atoms with van der Waals surface area (Å²) < 4.78 is 37.9. The summed E-state index contributed by atoms with van der Waals surface area (Å²) in [4.78, 5) is 106. The van der Waals surface area contributed by atoms with Crippen molar-refractivity contribution in [3.63, 3.8) is 0 Å². The number of ether oxygens (including phenoxy) is 7. The minimum absolute atomic E-state index is 0.0123. The number of carbonyl (C=O) groups excluding carboxylic acids is 7. The molecule has 2 saturated carbocycles. The third kappa shape index (κ3) is 20.5. The van der Waals surface area contributed by atoms with E-state index < -0.39 is 77.3 Å². The van der Waals surface area contributed by atoms with Gasteiger partial charge in [0.25, 0.3) is 0 Å². The van der Waals surface area contributed by atoms with Crippen LogP contribution in [0.15, 0.2) is 60.7 Å². The molecule has 5 fully saturated rings. The first-order chi connectivity index (χ1) is 36.8. The second-order valence-electron chi connectivity index (χ2n) is 22.8. The minimum Gasteiger partial charge on any atom is -0.480 e. The fraction of sp³-hybridized carbons (Fsp3) is 0.643. The molecule has 7 rings (SSSR count). The molecule has 0 radical (unpaired) electrons. The maximum absolute atomic E-state index is 12.9. The van der Waals surface area contributed by atoms with Crippen LogP contribution >= 0.6 is 0 Å². The molecule has 78 heavy (non-hydrogen) atoms. The lowest BCUT2D eigenvalue weighted by atomic mass is 10.1. The average Bonchev–Trinajstić information content (AvgIpc) is 4.12. The fourth-order valence-corrected chi connectivity index (χ4v) is 8.96. The van der Waals surface area contributed by atoms with E-state index in [0.717, 1.165) is 67.4 Å². The Bertz CT molecular complexity index is 2310. The Kier molecular flexibility index (Phi) is 22.8. The summed E-state index contributed by atoms with van der Waals surface area (Å²) in [7, 11) is 0. The van der Waals surface area contributed by atoms with E-state index in [1.807, 2.05) is 81.4 Å². The molecular formula is C56H82N6O16. The van der Waals surface area contributed by atoms with Crippen LogP contribution in [0.25, 0.3) is 0 Å². The largest absolute Gasteiger partial charge is 0.480 e. The summed E-state index contributed by atoms with van der Waals surface area (Å²) in [5, 5.41) is 12.6. The number of aliphatic carboxylic acids is 1. The Balaban J connectivity index is 0.000000220. The number of carboxylic acids is 1. The van der Waals surface area contributed by atoms with Crippen molar-refractivity contribution in [2.24, 2.45) is 0 Å². The first-order valence-electron chi connectivity index (χ1n) is 27.0. The molecule has 3 saturated heterocycles. The van der Waals surface area contributed by atoms with E-state index in [0.29, 0.717) is 19.6 Å². The molecule has 0 bridgehead atoms. The molecule has 22 heteroatoms. The average molecular weight is 1100 g/mol. The molecule has 0 aromatic heterocycles. The molecule has 432 valence electrons. The van der Waals surface area contributed by atoms with E-state index in [1.165, 1.54) is 19.6 Å². The highest BCUT2D eigenvalue weighted by molar-refractivity contribution is 5.84. The Morgan fingerprint density at radius 1 is 0.487 bits per heavy atom. The Labute approximate surface area is 458 Å². The van der Waals surface area contributed by atoms with Crippen molar-refractivity contribution in [1.29, 1.82) is 0 Å². The van der Waals surface area contributed by atoms with Crippen molar-refractivity contribution >= 4 is 48.4 Å². The van der Waals surface area contributed by atoms with Gasteiger partial charge in [0.15, 0.2) is 12.1 Å². The van der Waals surface area contributed by atoms with Crippen LogP contribution in [0.2, 0.25) is 0 Å². The molecule has 0 spiro atoms. The third-order valence-electron chi connectivity index (χ3n) is 12.8. The molecule has 2 aromatic rings. The smallest absolute Gasteiger partial charge is 0.411 e. The van der Waals surface area contributed by atoms with E-state index in [2.05, 4.69) is 5.32 Å². The lowest BCUT2D eigenvalue weighted by Gasteiger charge is -2.40. The van der Waals surface area contributed by atoms with E-state index >= 15 is 0 Å². The normalized spacial score (nSPS) is 20.2. The highest BCUT2D eigenvalue weighted by Crippen LogP contribution is 2.26. The number of amides is 5. The van der Waals surface area contributed by atoms with Gasteiger partial charge >= 0.3 is 48.4 Å². The summed E-state index contributed by atoms with van der Waals surface area (Å²) >= 11 is 0. The van der Waals surface area contributed by atoms with E-state index in [1.54, 1.807) is 41.5 Å². The zero-order valence-electron chi connectivity index (χ0n) is 46.9. The number of carboxylic acid groups (broad SMARTS) is 1. The van der Waals surface area contributed by atoms with Gasteiger partial charge in [0.1, 0.15) is 48.3 Å². The zero-order valence-corrected chi connectivity index (χ0v) is 46.9. The van der Waals surface area contributed by atoms with Crippen LogP contribution in [-0.2, 0) is 60.8 Å².